The van der Waals surface area contributed by atoms with Gasteiger partial charge in [-0.05, 0) is 36.4 Å². The van der Waals surface area contributed by atoms with E-state index in [1.165, 1.54) is 48.3 Å². The number of hydrogen-bond acceptors (Lipinski definition) is 5. The van der Waals surface area contributed by atoms with Crippen molar-refractivity contribution >= 4 is 39.2 Å². The predicted molar refractivity (Wildman–Crippen MR) is 105 cm³/mol. The molecule has 2 aromatic rings. The van der Waals surface area contributed by atoms with E-state index in [1.807, 2.05) is 0 Å². The molecule has 1 aliphatic heterocycles. The Morgan fingerprint density at radius 3 is 2.31 bits per heavy atom. The molecule has 0 radical (unpaired) electrons. The quantitative estimate of drug-likeness (QED) is 0.720. The van der Waals surface area contributed by atoms with E-state index in [0.717, 1.165) is 4.31 Å². The van der Waals surface area contributed by atoms with E-state index in [9.17, 15) is 22.8 Å². The lowest BCUT2D eigenvalue weighted by atomic mass is 10.1. The summed E-state index contributed by atoms with van der Waals surface area (Å²) in [5, 5.41) is 9.08. The predicted octanol–water partition coefficient (Wildman–Crippen LogP) is 1.05. The van der Waals surface area contributed by atoms with Crippen LogP contribution in [0.2, 0.25) is 0 Å². The molecule has 1 heterocycles. The molecule has 10 heteroatoms. The topological polar surface area (TPSA) is 138 Å². The highest BCUT2D eigenvalue weighted by Crippen LogP contribution is 2.29. The number of nitrogens with two attached hydrogens (primary N) is 1. The zero-order valence-corrected chi connectivity index (χ0v) is 16.3. The zero-order valence-electron chi connectivity index (χ0n) is 15.5. The van der Waals surface area contributed by atoms with Gasteiger partial charge in [0.25, 0.3) is 15.9 Å². The molecule has 0 aliphatic carbocycles. The van der Waals surface area contributed by atoms with Crippen molar-refractivity contribution in [1.82, 2.24) is 0 Å². The number of primary amides is 1. The molecule has 0 saturated carbocycles. The molecule has 0 spiro atoms. The number of hydrogen-bond donors (Lipinski definition) is 2. The third-order valence-electron chi connectivity index (χ3n) is 4.79. The first-order valence-corrected chi connectivity index (χ1v) is 10.1. The number of para-hydroxylation sites is 1. The van der Waals surface area contributed by atoms with Crippen LogP contribution in [-0.4, -0.2) is 44.9 Å². The highest BCUT2D eigenvalue weighted by atomic mass is 32.2. The van der Waals surface area contributed by atoms with Gasteiger partial charge in [-0.25, -0.2) is 8.42 Å². The molecule has 152 valence electrons. The van der Waals surface area contributed by atoms with E-state index in [2.05, 4.69) is 0 Å². The normalized spacial score (nSPS) is 16.7. The summed E-state index contributed by atoms with van der Waals surface area (Å²) >= 11 is 0. The molecule has 2 amide bonds. The molecule has 29 heavy (non-hydrogen) atoms. The van der Waals surface area contributed by atoms with Gasteiger partial charge in [0.2, 0.25) is 5.91 Å². The molecule has 3 N–H and O–H groups in total. The average Bonchev–Trinajstić information content (AvgIpc) is 3.09. The summed E-state index contributed by atoms with van der Waals surface area (Å²) < 4.78 is 26.9. The summed E-state index contributed by atoms with van der Waals surface area (Å²) in [6.07, 6.45) is -0.0952. The number of amides is 2. The van der Waals surface area contributed by atoms with Crippen molar-refractivity contribution in [3.63, 3.8) is 0 Å². The number of rotatable bonds is 6. The maximum Gasteiger partial charge on any atom is 0.308 e. The first-order chi connectivity index (χ1) is 13.6. The third kappa shape index (κ3) is 3.79. The maximum atomic E-state index is 13.0. The molecule has 1 unspecified atom stereocenters. The first kappa shape index (κ1) is 20.3. The Labute approximate surface area is 167 Å². The number of carboxylic acid groups (broad SMARTS) is 1. The Kier molecular flexibility index (Phi) is 5.29. The van der Waals surface area contributed by atoms with E-state index >= 15 is 0 Å². The van der Waals surface area contributed by atoms with Crippen LogP contribution < -0.4 is 14.9 Å². The molecule has 1 atom stereocenters. The van der Waals surface area contributed by atoms with Gasteiger partial charge in [0.1, 0.15) is 0 Å². The highest BCUT2D eigenvalue weighted by molar-refractivity contribution is 7.92. The maximum absolute atomic E-state index is 13.0. The number of sulfonamides is 1. The van der Waals surface area contributed by atoms with Gasteiger partial charge < -0.3 is 15.7 Å². The molecular weight excluding hydrogens is 398 g/mol. The molecule has 0 aromatic heterocycles. The first-order valence-electron chi connectivity index (χ1n) is 8.64. The van der Waals surface area contributed by atoms with Gasteiger partial charge in [-0.3, -0.25) is 18.7 Å². The summed E-state index contributed by atoms with van der Waals surface area (Å²) in [7, 11) is -2.69. The smallest absolute Gasteiger partial charge is 0.308 e. The van der Waals surface area contributed by atoms with Crippen molar-refractivity contribution < 1.29 is 27.9 Å². The van der Waals surface area contributed by atoms with Gasteiger partial charge in [0, 0.05) is 25.7 Å². The summed E-state index contributed by atoms with van der Waals surface area (Å²) in [6.45, 7) is 0.0339. The van der Waals surface area contributed by atoms with Gasteiger partial charge in [-0.2, -0.15) is 0 Å². The van der Waals surface area contributed by atoms with Crippen LogP contribution in [0.5, 0.6) is 0 Å². The Hall–Kier alpha value is -3.40. The van der Waals surface area contributed by atoms with Crippen molar-refractivity contribution in [2.24, 2.45) is 11.7 Å². The van der Waals surface area contributed by atoms with Crippen molar-refractivity contribution in [2.75, 3.05) is 22.8 Å². The molecule has 9 nitrogen and oxygen atoms in total. The number of benzene rings is 2. The van der Waals surface area contributed by atoms with E-state index < -0.39 is 27.8 Å². The molecule has 0 bridgehead atoms. The standard InChI is InChI=1S/C19H19N3O6S/c1-21(16-5-3-2-4-15(16)18(20)24)29(27,28)14-8-6-13(7-9-14)22-11-12(19(25)26)10-17(22)23/h2-9,12H,10-11H2,1H3,(H2,20,24)(H,25,26). The van der Waals surface area contributed by atoms with Crippen molar-refractivity contribution in [3.05, 3.63) is 54.1 Å². The summed E-state index contributed by atoms with van der Waals surface area (Å²) in [4.78, 5) is 36.0. The van der Waals surface area contributed by atoms with Gasteiger partial charge in [-0.15, -0.1) is 0 Å². The van der Waals surface area contributed by atoms with Crippen molar-refractivity contribution in [1.29, 1.82) is 0 Å². The molecule has 3 rings (SSSR count). The van der Waals surface area contributed by atoms with Gasteiger partial charge >= 0.3 is 5.97 Å². The molecular formula is C19H19N3O6S. The average molecular weight is 417 g/mol. The van der Waals surface area contributed by atoms with Crippen LogP contribution in [0.25, 0.3) is 0 Å². The van der Waals surface area contributed by atoms with Crippen molar-refractivity contribution in [2.45, 2.75) is 11.3 Å². The van der Waals surface area contributed by atoms with Crippen LogP contribution in [0.15, 0.2) is 53.4 Å². The minimum Gasteiger partial charge on any atom is -0.481 e. The van der Waals surface area contributed by atoms with Crippen LogP contribution in [0.3, 0.4) is 0 Å². The Bertz CT molecular complexity index is 1080. The second-order valence-corrected chi connectivity index (χ2v) is 8.56. The van der Waals surface area contributed by atoms with Crippen LogP contribution in [0, 0.1) is 5.92 Å². The fourth-order valence-electron chi connectivity index (χ4n) is 3.16. The Morgan fingerprint density at radius 1 is 1.14 bits per heavy atom. The molecule has 1 fully saturated rings. The Morgan fingerprint density at radius 2 is 1.76 bits per heavy atom. The number of aliphatic carboxylic acids is 1. The fraction of sp³-hybridized carbons (Fsp3) is 0.211. The third-order valence-corrected chi connectivity index (χ3v) is 6.58. The molecule has 1 aliphatic rings. The lowest BCUT2D eigenvalue weighted by Crippen LogP contribution is -2.29. The lowest BCUT2D eigenvalue weighted by Gasteiger charge is -2.22. The monoisotopic (exact) mass is 417 g/mol. The van der Waals surface area contributed by atoms with Crippen LogP contribution >= 0.6 is 0 Å². The number of carbonyl (C=O) groups is 3. The SMILES string of the molecule is CN(c1ccccc1C(N)=O)S(=O)(=O)c1ccc(N2CC(C(=O)O)CC2=O)cc1. The largest absolute Gasteiger partial charge is 0.481 e. The summed E-state index contributed by atoms with van der Waals surface area (Å²) in [6, 6.07) is 11.6. The molecule has 2 aromatic carbocycles. The van der Waals surface area contributed by atoms with Gasteiger partial charge in [-0.1, -0.05) is 12.1 Å². The second kappa shape index (κ2) is 7.55. The minimum absolute atomic E-state index is 0.0339. The lowest BCUT2D eigenvalue weighted by molar-refractivity contribution is -0.141. The number of nitrogens with zero attached hydrogens (tertiary/aromatic N) is 2. The van der Waals surface area contributed by atoms with Gasteiger partial charge in [0.05, 0.1) is 22.1 Å². The van der Waals surface area contributed by atoms with E-state index in [4.69, 9.17) is 10.8 Å². The zero-order chi connectivity index (χ0) is 21.3. The van der Waals surface area contributed by atoms with E-state index in [1.54, 1.807) is 12.1 Å². The van der Waals surface area contributed by atoms with Gasteiger partial charge in [0.15, 0.2) is 0 Å². The minimum atomic E-state index is -4.00. The second-order valence-electron chi connectivity index (χ2n) is 6.59. The van der Waals surface area contributed by atoms with Crippen molar-refractivity contribution in [3.8, 4) is 0 Å². The number of anilines is 2. The number of carboxylic acids is 1. The Balaban J connectivity index is 1.89. The van der Waals surface area contributed by atoms with Crippen LogP contribution in [-0.2, 0) is 19.6 Å². The highest BCUT2D eigenvalue weighted by Gasteiger charge is 2.35. The van der Waals surface area contributed by atoms with Crippen LogP contribution in [0.4, 0.5) is 11.4 Å². The summed E-state index contributed by atoms with van der Waals surface area (Å²) in [5.74, 6) is -2.92. The van der Waals surface area contributed by atoms with Crippen LogP contribution in [0.1, 0.15) is 16.8 Å². The number of carbonyl (C=O) groups excluding carboxylic acids is 2. The molecule has 1 saturated heterocycles. The van der Waals surface area contributed by atoms with E-state index in [0.29, 0.717) is 5.69 Å². The summed E-state index contributed by atoms with van der Waals surface area (Å²) in [5.41, 5.74) is 5.95. The van der Waals surface area contributed by atoms with E-state index in [-0.39, 0.29) is 35.0 Å². The fourth-order valence-corrected chi connectivity index (χ4v) is 4.38.